The fourth-order valence-electron chi connectivity index (χ4n) is 3.56. The minimum Gasteiger partial charge on any atom is -0.385 e. The van der Waals surface area contributed by atoms with Gasteiger partial charge in [-0.3, -0.25) is 0 Å². The van der Waals surface area contributed by atoms with E-state index in [4.69, 9.17) is 10.5 Å². The molecule has 3 N–H and O–H groups in total. The van der Waals surface area contributed by atoms with E-state index >= 15 is 0 Å². The van der Waals surface area contributed by atoms with Gasteiger partial charge in [0.2, 0.25) is 0 Å². The van der Waals surface area contributed by atoms with Crippen LogP contribution in [0.5, 0.6) is 0 Å². The van der Waals surface area contributed by atoms with Crippen molar-refractivity contribution in [3.63, 3.8) is 0 Å². The molecule has 118 valence electrons. The summed E-state index contributed by atoms with van der Waals surface area (Å²) >= 11 is 0. The van der Waals surface area contributed by atoms with E-state index in [0.29, 0.717) is 0 Å². The van der Waals surface area contributed by atoms with Crippen LogP contribution in [0, 0.1) is 0 Å². The Bertz CT molecular complexity index is 421. The van der Waals surface area contributed by atoms with Crippen molar-refractivity contribution in [1.29, 1.82) is 0 Å². The number of aryl methyl sites for hydroxylation is 1. The molecular formula is C18H30N2O. The molecular weight excluding hydrogens is 260 g/mol. The van der Waals surface area contributed by atoms with E-state index in [2.05, 4.69) is 29.6 Å². The van der Waals surface area contributed by atoms with Crippen molar-refractivity contribution in [3.8, 4) is 0 Å². The van der Waals surface area contributed by atoms with Crippen LogP contribution in [0.2, 0.25) is 0 Å². The Hall–Kier alpha value is -0.900. The number of nitrogens with one attached hydrogen (secondary N) is 1. The molecule has 0 bridgehead atoms. The predicted molar refractivity (Wildman–Crippen MR) is 88.5 cm³/mol. The topological polar surface area (TPSA) is 47.3 Å². The number of rotatable bonds is 9. The largest absolute Gasteiger partial charge is 0.385 e. The highest BCUT2D eigenvalue weighted by molar-refractivity contribution is 5.36. The molecule has 0 spiro atoms. The average molecular weight is 290 g/mol. The van der Waals surface area contributed by atoms with Crippen molar-refractivity contribution in [2.45, 2.75) is 50.5 Å². The summed E-state index contributed by atoms with van der Waals surface area (Å²) in [6, 6.07) is 8.94. The fraction of sp³-hybridized carbons (Fsp3) is 0.667. The van der Waals surface area contributed by atoms with Crippen molar-refractivity contribution < 1.29 is 4.74 Å². The zero-order chi connectivity index (χ0) is 15.0. The Morgan fingerprint density at radius 2 is 2.10 bits per heavy atom. The second-order valence-electron chi connectivity index (χ2n) is 6.11. The van der Waals surface area contributed by atoms with E-state index < -0.39 is 0 Å². The van der Waals surface area contributed by atoms with Crippen LogP contribution in [0.4, 0.5) is 0 Å². The molecule has 3 heteroatoms. The molecule has 0 saturated heterocycles. The highest BCUT2D eigenvalue weighted by atomic mass is 16.5. The second kappa shape index (κ2) is 8.52. The van der Waals surface area contributed by atoms with Crippen LogP contribution in [0.15, 0.2) is 24.3 Å². The number of ether oxygens (including phenoxy) is 1. The molecule has 0 aromatic heterocycles. The van der Waals surface area contributed by atoms with Crippen LogP contribution in [0.25, 0.3) is 0 Å². The Balaban J connectivity index is 2.07. The lowest BCUT2D eigenvalue weighted by molar-refractivity contribution is 0.188. The van der Waals surface area contributed by atoms with Crippen LogP contribution in [0.3, 0.4) is 0 Å². The van der Waals surface area contributed by atoms with Crippen molar-refractivity contribution in [1.82, 2.24) is 5.32 Å². The molecule has 0 radical (unpaired) electrons. The van der Waals surface area contributed by atoms with E-state index in [-0.39, 0.29) is 5.54 Å². The number of benzene rings is 1. The van der Waals surface area contributed by atoms with E-state index in [0.717, 1.165) is 39.0 Å². The Labute approximate surface area is 129 Å². The van der Waals surface area contributed by atoms with Gasteiger partial charge < -0.3 is 15.8 Å². The first-order chi connectivity index (χ1) is 10.3. The molecule has 0 aliphatic heterocycles. The molecule has 1 aliphatic rings. The molecule has 0 heterocycles. The highest BCUT2D eigenvalue weighted by Gasteiger charge is 2.34. The SMILES string of the molecule is COCCCCNC1(CCCN)CCCc2ccccc21. The summed E-state index contributed by atoms with van der Waals surface area (Å²) in [6.45, 7) is 2.69. The molecule has 3 nitrogen and oxygen atoms in total. The van der Waals surface area contributed by atoms with Crippen LogP contribution >= 0.6 is 0 Å². The van der Waals surface area contributed by atoms with Gasteiger partial charge in [0, 0.05) is 19.3 Å². The summed E-state index contributed by atoms with van der Waals surface area (Å²) in [5, 5.41) is 3.87. The van der Waals surface area contributed by atoms with Gasteiger partial charge in [-0.15, -0.1) is 0 Å². The summed E-state index contributed by atoms with van der Waals surface area (Å²) in [5.41, 5.74) is 8.94. The highest BCUT2D eigenvalue weighted by Crippen LogP contribution is 2.38. The van der Waals surface area contributed by atoms with Gasteiger partial charge in [0.1, 0.15) is 0 Å². The van der Waals surface area contributed by atoms with Crippen LogP contribution in [-0.4, -0.2) is 26.8 Å². The number of nitrogens with two attached hydrogens (primary N) is 1. The summed E-state index contributed by atoms with van der Waals surface area (Å²) in [4.78, 5) is 0. The average Bonchev–Trinajstić information content (AvgIpc) is 2.53. The van der Waals surface area contributed by atoms with Gasteiger partial charge in [0.25, 0.3) is 0 Å². The van der Waals surface area contributed by atoms with Crippen LogP contribution in [0.1, 0.15) is 49.7 Å². The second-order valence-corrected chi connectivity index (χ2v) is 6.11. The van der Waals surface area contributed by atoms with Crippen LogP contribution in [-0.2, 0) is 16.7 Å². The van der Waals surface area contributed by atoms with Gasteiger partial charge in [0.05, 0.1) is 0 Å². The number of fused-ring (bicyclic) bond motifs is 1. The zero-order valence-electron chi connectivity index (χ0n) is 13.4. The molecule has 1 aromatic carbocycles. The summed E-state index contributed by atoms with van der Waals surface area (Å²) < 4.78 is 5.14. The third kappa shape index (κ3) is 4.29. The molecule has 0 saturated carbocycles. The lowest BCUT2D eigenvalue weighted by Gasteiger charge is -2.40. The lowest BCUT2D eigenvalue weighted by atomic mass is 9.74. The van der Waals surface area contributed by atoms with Gasteiger partial charge in [-0.05, 0) is 69.2 Å². The molecule has 1 atom stereocenters. The molecule has 0 amide bonds. The Morgan fingerprint density at radius 3 is 2.90 bits per heavy atom. The van der Waals surface area contributed by atoms with E-state index in [1.165, 1.54) is 36.8 Å². The zero-order valence-corrected chi connectivity index (χ0v) is 13.4. The molecule has 1 unspecified atom stereocenters. The molecule has 1 aliphatic carbocycles. The monoisotopic (exact) mass is 290 g/mol. The number of methoxy groups -OCH3 is 1. The van der Waals surface area contributed by atoms with Crippen molar-refractivity contribution in [2.75, 3.05) is 26.8 Å². The van der Waals surface area contributed by atoms with E-state index in [1.54, 1.807) is 7.11 Å². The van der Waals surface area contributed by atoms with Gasteiger partial charge in [-0.2, -0.15) is 0 Å². The summed E-state index contributed by atoms with van der Waals surface area (Å²) in [6.07, 6.45) is 8.23. The smallest absolute Gasteiger partial charge is 0.0462 e. The van der Waals surface area contributed by atoms with Gasteiger partial charge in [-0.1, -0.05) is 24.3 Å². The first-order valence-corrected chi connectivity index (χ1v) is 8.35. The minimum atomic E-state index is 0.140. The molecule has 1 aromatic rings. The summed E-state index contributed by atoms with van der Waals surface area (Å²) in [7, 11) is 1.77. The maximum atomic E-state index is 5.77. The standard InChI is InChI=1S/C18H30N2O/c1-21-15-5-4-14-20-18(12-7-13-19)11-6-9-16-8-2-3-10-17(16)18/h2-3,8,10,20H,4-7,9,11-15,19H2,1H3. The van der Waals surface area contributed by atoms with Gasteiger partial charge in [0.15, 0.2) is 0 Å². The van der Waals surface area contributed by atoms with E-state index in [9.17, 15) is 0 Å². The Kier molecular flexibility index (Phi) is 6.68. The molecule has 2 rings (SSSR count). The van der Waals surface area contributed by atoms with Gasteiger partial charge in [-0.25, -0.2) is 0 Å². The summed E-state index contributed by atoms with van der Waals surface area (Å²) in [5.74, 6) is 0. The lowest BCUT2D eigenvalue weighted by Crippen LogP contribution is -2.45. The Morgan fingerprint density at radius 1 is 1.24 bits per heavy atom. The van der Waals surface area contributed by atoms with E-state index in [1.807, 2.05) is 0 Å². The van der Waals surface area contributed by atoms with Gasteiger partial charge >= 0.3 is 0 Å². The minimum absolute atomic E-state index is 0.140. The third-order valence-corrected chi connectivity index (χ3v) is 4.63. The van der Waals surface area contributed by atoms with Crippen molar-refractivity contribution >= 4 is 0 Å². The first kappa shape index (κ1) is 16.5. The first-order valence-electron chi connectivity index (χ1n) is 8.35. The fourth-order valence-corrected chi connectivity index (χ4v) is 3.56. The normalized spacial score (nSPS) is 21.2. The van der Waals surface area contributed by atoms with Crippen molar-refractivity contribution in [3.05, 3.63) is 35.4 Å². The molecule has 21 heavy (non-hydrogen) atoms. The molecule has 0 fully saturated rings. The van der Waals surface area contributed by atoms with Crippen molar-refractivity contribution in [2.24, 2.45) is 5.73 Å². The maximum absolute atomic E-state index is 5.77. The quantitative estimate of drug-likeness (QED) is 0.687. The predicted octanol–water partition coefficient (Wildman–Crippen LogP) is 2.97. The number of hydrogen-bond donors (Lipinski definition) is 2. The third-order valence-electron chi connectivity index (χ3n) is 4.63. The number of hydrogen-bond acceptors (Lipinski definition) is 3. The van der Waals surface area contributed by atoms with Crippen LogP contribution < -0.4 is 11.1 Å². The number of unbranched alkanes of at least 4 members (excludes halogenated alkanes) is 1. The maximum Gasteiger partial charge on any atom is 0.0462 e.